The van der Waals surface area contributed by atoms with Crippen molar-refractivity contribution in [1.29, 1.82) is 0 Å². The number of hydrogen-bond acceptors (Lipinski definition) is 6. The summed E-state index contributed by atoms with van der Waals surface area (Å²) in [6.45, 7) is 1.60. The van der Waals surface area contributed by atoms with Crippen molar-refractivity contribution in [2.45, 2.75) is 19.3 Å². The molecule has 6 nitrogen and oxygen atoms in total. The van der Waals surface area contributed by atoms with Gasteiger partial charge < -0.3 is 15.4 Å². The molecular weight excluding hydrogens is 326 g/mol. The third-order valence-electron chi connectivity index (χ3n) is 4.20. The Kier molecular flexibility index (Phi) is 4.91. The molecule has 6 bridgehead atoms. The molecule has 4 rings (SSSR count). The molecule has 0 amide bonds. The summed E-state index contributed by atoms with van der Waals surface area (Å²) in [7, 11) is 0. The average Bonchev–Trinajstić information content (AvgIpc) is 2.67. The highest BCUT2D eigenvalue weighted by atomic mass is 16.5. The van der Waals surface area contributed by atoms with Crippen molar-refractivity contribution in [3.05, 3.63) is 54.9 Å². The molecule has 0 radical (unpaired) electrons. The van der Waals surface area contributed by atoms with E-state index in [1.807, 2.05) is 42.5 Å². The Hall–Kier alpha value is -3.15. The third kappa shape index (κ3) is 4.08. The highest BCUT2D eigenvalue weighted by molar-refractivity contribution is 5.65. The molecule has 0 saturated carbocycles. The number of fused-ring (bicyclic) bond motifs is 7. The summed E-state index contributed by atoms with van der Waals surface area (Å²) < 4.78 is 5.85. The minimum Gasteiger partial charge on any atom is -0.494 e. The van der Waals surface area contributed by atoms with Crippen molar-refractivity contribution in [2.75, 3.05) is 23.8 Å². The molecule has 0 aliphatic carbocycles. The minimum atomic E-state index is 0.551. The molecule has 0 saturated heterocycles. The SMILES string of the molecule is c1cc2cc(c1)OCCCCCNc1cc(ccn1)-c1ccnc(n1)N2. The summed E-state index contributed by atoms with van der Waals surface area (Å²) in [6, 6.07) is 13.8. The molecule has 2 N–H and O–H groups in total. The van der Waals surface area contributed by atoms with Crippen molar-refractivity contribution in [3.63, 3.8) is 0 Å². The molecule has 1 aromatic carbocycles. The molecule has 0 unspecified atom stereocenters. The number of ether oxygens (including phenoxy) is 1. The summed E-state index contributed by atoms with van der Waals surface area (Å²) in [4.78, 5) is 13.3. The monoisotopic (exact) mass is 347 g/mol. The molecule has 3 heterocycles. The maximum atomic E-state index is 5.85. The number of aromatic nitrogens is 3. The number of rotatable bonds is 0. The quantitative estimate of drug-likeness (QED) is 0.633. The second-order valence-electron chi connectivity index (χ2n) is 6.18. The average molecular weight is 347 g/mol. The lowest BCUT2D eigenvalue weighted by atomic mass is 10.2. The van der Waals surface area contributed by atoms with E-state index in [-0.39, 0.29) is 0 Å². The van der Waals surface area contributed by atoms with Gasteiger partial charge in [-0.05, 0) is 49.6 Å². The lowest BCUT2D eigenvalue weighted by Crippen LogP contribution is -2.04. The van der Waals surface area contributed by atoms with Gasteiger partial charge in [0.2, 0.25) is 5.95 Å². The van der Waals surface area contributed by atoms with Gasteiger partial charge in [-0.15, -0.1) is 0 Å². The zero-order valence-corrected chi connectivity index (χ0v) is 14.5. The van der Waals surface area contributed by atoms with Crippen molar-refractivity contribution >= 4 is 17.5 Å². The third-order valence-corrected chi connectivity index (χ3v) is 4.20. The fraction of sp³-hybridized carbons (Fsp3) is 0.250. The maximum absolute atomic E-state index is 5.85. The van der Waals surface area contributed by atoms with Crippen molar-refractivity contribution < 1.29 is 4.74 Å². The first kappa shape index (κ1) is 16.3. The smallest absolute Gasteiger partial charge is 0.227 e. The van der Waals surface area contributed by atoms with E-state index in [1.54, 1.807) is 12.4 Å². The van der Waals surface area contributed by atoms with Crippen LogP contribution < -0.4 is 15.4 Å². The first-order valence-corrected chi connectivity index (χ1v) is 8.90. The van der Waals surface area contributed by atoms with Gasteiger partial charge in [-0.3, -0.25) is 0 Å². The van der Waals surface area contributed by atoms with Crippen LogP contribution in [0.5, 0.6) is 5.75 Å². The Morgan fingerprint density at radius 2 is 1.88 bits per heavy atom. The van der Waals surface area contributed by atoms with Crippen LogP contribution >= 0.6 is 0 Å². The van der Waals surface area contributed by atoms with Crippen molar-refractivity contribution in [3.8, 4) is 17.0 Å². The molecule has 1 aliphatic heterocycles. The standard InChI is InChI=1S/C20H21N5O/c1-2-9-21-19-13-15(7-10-22-19)18-8-11-23-20(25-18)24-16-5-4-6-17(14-16)26-12-3-1/h4-8,10-11,13-14H,1-3,9,12H2,(H,21,22)(H,23,24,25). The van der Waals surface area contributed by atoms with Gasteiger partial charge in [-0.25, -0.2) is 15.0 Å². The molecule has 1 aliphatic rings. The predicted octanol–water partition coefficient (Wildman–Crippen LogP) is 4.26. The van der Waals surface area contributed by atoms with Crippen LogP contribution in [0.2, 0.25) is 0 Å². The van der Waals surface area contributed by atoms with Crippen LogP contribution in [-0.2, 0) is 0 Å². The van der Waals surface area contributed by atoms with E-state index < -0.39 is 0 Å². The van der Waals surface area contributed by atoms with E-state index in [0.717, 1.165) is 54.3 Å². The minimum absolute atomic E-state index is 0.551. The zero-order valence-electron chi connectivity index (χ0n) is 14.5. The fourth-order valence-corrected chi connectivity index (χ4v) is 2.87. The lowest BCUT2D eigenvalue weighted by molar-refractivity contribution is 0.306. The van der Waals surface area contributed by atoms with Crippen LogP contribution in [0.1, 0.15) is 19.3 Å². The zero-order chi connectivity index (χ0) is 17.6. The molecular formula is C20H21N5O. The number of nitrogens with one attached hydrogen (secondary N) is 2. The summed E-state index contributed by atoms with van der Waals surface area (Å²) >= 11 is 0. The van der Waals surface area contributed by atoms with Crippen molar-refractivity contribution in [2.24, 2.45) is 0 Å². The van der Waals surface area contributed by atoms with Gasteiger partial charge in [0.15, 0.2) is 0 Å². The van der Waals surface area contributed by atoms with Crippen molar-refractivity contribution in [1.82, 2.24) is 15.0 Å². The van der Waals surface area contributed by atoms with Gasteiger partial charge in [-0.2, -0.15) is 0 Å². The number of anilines is 3. The summed E-state index contributed by atoms with van der Waals surface area (Å²) in [6.07, 6.45) is 6.77. The highest BCUT2D eigenvalue weighted by Crippen LogP contribution is 2.23. The Bertz CT molecular complexity index is 883. The largest absolute Gasteiger partial charge is 0.494 e. The van der Waals surface area contributed by atoms with Gasteiger partial charge in [0.1, 0.15) is 11.6 Å². The second kappa shape index (κ2) is 7.82. The molecule has 132 valence electrons. The van der Waals surface area contributed by atoms with Crippen LogP contribution in [0.3, 0.4) is 0 Å². The summed E-state index contributed by atoms with van der Waals surface area (Å²) in [5.74, 6) is 2.27. The second-order valence-corrected chi connectivity index (χ2v) is 6.18. The van der Waals surface area contributed by atoms with Gasteiger partial charge in [0.25, 0.3) is 0 Å². The van der Waals surface area contributed by atoms with E-state index in [0.29, 0.717) is 12.6 Å². The Morgan fingerprint density at radius 1 is 0.923 bits per heavy atom. The summed E-state index contributed by atoms with van der Waals surface area (Å²) in [5, 5.41) is 6.63. The highest BCUT2D eigenvalue weighted by Gasteiger charge is 2.06. The number of pyridine rings is 1. The molecule has 0 fully saturated rings. The lowest BCUT2D eigenvalue weighted by Gasteiger charge is -2.09. The van der Waals surface area contributed by atoms with Crippen LogP contribution in [0.15, 0.2) is 54.9 Å². The van der Waals surface area contributed by atoms with Gasteiger partial charge >= 0.3 is 0 Å². The molecule has 6 heteroatoms. The van der Waals surface area contributed by atoms with Crippen LogP contribution in [0.4, 0.5) is 17.5 Å². The van der Waals surface area contributed by atoms with Crippen LogP contribution in [0, 0.1) is 0 Å². The van der Waals surface area contributed by atoms with Gasteiger partial charge in [0, 0.05) is 36.3 Å². The first-order chi connectivity index (χ1) is 12.9. The van der Waals surface area contributed by atoms with E-state index >= 15 is 0 Å². The van der Waals surface area contributed by atoms with E-state index in [9.17, 15) is 0 Å². The number of hydrogen-bond donors (Lipinski definition) is 2. The molecule has 0 spiro atoms. The summed E-state index contributed by atoms with van der Waals surface area (Å²) in [5.41, 5.74) is 2.76. The molecule has 3 aromatic rings. The van der Waals surface area contributed by atoms with Gasteiger partial charge in [-0.1, -0.05) is 6.07 Å². The Balaban J connectivity index is 1.67. The van der Waals surface area contributed by atoms with E-state index in [1.165, 1.54) is 0 Å². The number of benzene rings is 1. The van der Waals surface area contributed by atoms with E-state index in [2.05, 4.69) is 25.6 Å². The normalized spacial score (nSPS) is 14.3. The first-order valence-electron chi connectivity index (χ1n) is 8.90. The Labute approximate surface area is 152 Å². The van der Waals surface area contributed by atoms with Gasteiger partial charge in [0.05, 0.1) is 12.3 Å². The predicted molar refractivity (Wildman–Crippen MR) is 103 cm³/mol. The molecule has 26 heavy (non-hydrogen) atoms. The van der Waals surface area contributed by atoms with Crippen LogP contribution in [0.25, 0.3) is 11.3 Å². The van der Waals surface area contributed by atoms with Crippen LogP contribution in [-0.4, -0.2) is 28.1 Å². The fourth-order valence-electron chi connectivity index (χ4n) is 2.87. The number of nitrogens with zero attached hydrogens (tertiary/aromatic N) is 3. The molecule has 2 aromatic heterocycles. The topological polar surface area (TPSA) is 72.0 Å². The maximum Gasteiger partial charge on any atom is 0.227 e. The van der Waals surface area contributed by atoms with E-state index in [4.69, 9.17) is 4.74 Å². The molecule has 0 atom stereocenters. The Morgan fingerprint density at radius 3 is 2.88 bits per heavy atom.